The summed E-state index contributed by atoms with van der Waals surface area (Å²) in [6, 6.07) is -5.91. The lowest BCUT2D eigenvalue weighted by Gasteiger charge is -2.50. The quantitative estimate of drug-likeness (QED) is 0.0505. The van der Waals surface area contributed by atoms with E-state index in [1.54, 1.807) is 11.8 Å². The fraction of sp³-hybridized carbons (Fsp3) is 1.00. The van der Waals surface area contributed by atoms with Crippen molar-refractivity contribution in [2.45, 2.75) is 199 Å². The van der Waals surface area contributed by atoms with Crippen molar-refractivity contribution in [2.24, 2.45) is 34.4 Å². The number of rotatable bonds is 20. The Balaban J connectivity index is 1.38. The largest absolute Gasteiger partial charge is 0.394 e. The fourth-order valence-electron chi connectivity index (χ4n) is 8.41. The van der Waals surface area contributed by atoms with Gasteiger partial charge in [-0.1, -0.05) is 39.0 Å². The van der Waals surface area contributed by atoms with E-state index < -0.39 is 160 Å². The molecule has 1 saturated carbocycles. The Morgan fingerprint density at radius 1 is 0.492 bits per heavy atom. The standard InChI is InChI=1S/C37H72N6O17S/c1-2-3-4-5-6-7-8-61-13-19-25(48)28(51)22(43)36(56-19)58-31-15(40)9-14(39)30(57-35-21(42)27(50)24(47)17(11-44)54-35)33(31)60-37-29(52)32(18(12-45)55-37)59-34-20(41)26(49)23(46)16(10-38)53-34/h14-37,44-52H,2-13,38-43H2,1H3/t14-,15+,16-,17+,18+,19+,20+,21+,22+,23+,24+,25+,26+,27+,28+,29+,30+,31-,32+,33-,34+,35+,36+,37-/m0/s1. The molecular weight excluding hydrogens is 832 g/mol. The van der Waals surface area contributed by atoms with Crippen LogP contribution in [0.4, 0.5) is 0 Å². The van der Waals surface area contributed by atoms with Crippen LogP contribution in [0.25, 0.3) is 0 Å². The molecule has 358 valence electrons. The third kappa shape index (κ3) is 12.1. The van der Waals surface area contributed by atoms with Crippen molar-refractivity contribution in [1.29, 1.82) is 0 Å². The van der Waals surface area contributed by atoms with Crippen LogP contribution in [0.2, 0.25) is 0 Å². The second-order valence-corrected chi connectivity index (χ2v) is 17.9. The summed E-state index contributed by atoms with van der Waals surface area (Å²) in [7, 11) is 0. The van der Waals surface area contributed by atoms with Gasteiger partial charge < -0.3 is 118 Å². The summed E-state index contributed by atoms with van der Waals surface area (Å²) < 4.78 is 48.7. The summed E-state index contributed by atoms with van der Waals surface area (Å²) in [5.74, 6) is 1.12. The highest BCUT2D eigenvalue weighted by Gasteiger charge is 2.56. The van der Waals surface area contributed by atoms with Crippen molar-refractivity contribution in [3.05, 3.63) is 0 Å². The van der Waals surface area contributed by atoms with Crippen molar-refractivity contribution in [2.75, 3.05) is 31.3 Å². The molecule has 24 atom stereocenters. The second kappa shape index (κ2) is 23.7. The van der Waals surface area contributed by atoms with Gasteiger partial charge in [-0.25, -0.2) is 0 Å². The smallest absolute Gasteiger partial charge is 0.187 e. The summed E-state index contributed by atoms with van der Waals surface area (Å²) >= 11 is 1.55. The van der Waals surface area contributed by atoms with Crippen LogP contribution in [0.3, 0.4) is 0 Å². The van der Waals surface area contributed by atoms with Crippen LogP contribution in [0.1, 0.15) is 51.9 Å². The lowest BCUT2D eigenvalue weighted by molar-refractivity contribution is -0.330. The number of aliphatic hydroxyl groups is 9. The van der Waals surface area contributed by atoms with Gasteiger partial charge in [0, 0.05) is 24.4 Å². The number of ether oxygens (including phenoxy) is 8. The van der Waals surface area contributed by atoms with E-state index in [1.807, 2.05) is 0 Å². The molecule has 4 aliphatic heterocycles. The van der Waals surface area contributed by atoms with Crippen LogP contribution in [0.5, 0.6) is 0 Å². The van der Waals surface area contributed by atoms with Gasteiger partial charge in [0.15, 0.2) is 25.2 Å². The summed E-state index contributed by atoms with van der Waals surface area (Å²) in [5.41, 5.74) is 37.8. The molecule has 61 heavy (non-hydrogen) atoms. The Morgan fingerprint density at radius 2 is 0.918 bits per heavy atom. The molecule has 5 fully saturated rings. The maximum absolute atomic E-state index is 11.7. The Bertz CT molecular complexity index is 1300. The Hall–Kier alpha value is -0.570. The molecular formula is C37H72N6O17S. The maximum atomic E-state index is 11.7. The molecule has 24 heteroatoms. The molecule has 5 aliphatic rings. The summed E-state index contributed by atoms with van der Waals surface area (Å²) in [6.07, 6.45) is -19.9. The van der Waals surface area contributed by atoms with Crippen LogP contribution in [-0.4, -0.2) is 224 Å². The van der Waals surface area contributed by atoms with Gasteiger partial charge in [-0.2, -0.15) is 11.8 Å². The van der Waals surface area contributed by atoms with Crippen molar-refractivity contribution in [3.63, 3.8) is 0 Å². The van der Waals surface area contributed by atoms with Crippen molar-refractivity contribution < 1.29 is 83.9 Å². The molecule has 0 aromatic rings. The minimum atomic E-state index is -1.72. The number of aliphatic hydroxyl groups excluding tert-OH is 9. The van der Waals surface area contributed by atoms with E-state index in [0.717, 1.165) is 31.4 Å². The van der Waals surface area contributed by atoms with Gasteiger partial charge >= 0.3 is 0 Å². The van der Waals surface area contributed by atoms with E-state index in [9.17, 15) is 46.0 Å². The number of hydrogen-bond donors (Lipinski definition) is 15. The minimum absolute atomic E-state index is 0.00288. The van der Waals surface area contributed by atoms with Crippen molar-refractivity contribution in [1.82, 2.24) is 0 Å². The third-order valence-electron chi connectivity index (χ3n) is 12.3. The number of unbranched alkanes of at least 4 members (excludes halogenated alkanes) is 5. The van der Waals surface area contributed by atoms with Crippen molar-refractivity contribution >= 4 is 11.8 Å². The lowest BCUT2D eigenvalue weighted by atomic mass is 9.83. The van der Waals surface area contributed by atoms with Gasteiger partial charge in [0.1, 0.15) is 85.5 Å². The average molecular weight is 905 g/mol. The van der Waals surface area contributed by atoms with Gasteiger partial charge in [0.2, 0.25) is 0 Å². The molecule has 0 amide bonds. The van der Waals surface area contributed by atoms with E-state index in [0.29, 0.717) is 5.75 Å². The van der Waals surface area contributed by atoms with E-state index >= 15 is 0 Å². The zero-order valence-electron chi connectivity index (χ0n) is 34.5. The van der Waals surface area contributed by atoms with Gasteiger partial charge in [-0.05, 0) is 18.6 Å². The van der Waals surface area contributed by atoms with Gasteiger partial charge in [-0.3, -0.25) is 0 Å². The topological polar surface area (TPSA) is 412 Å². The van der Waals surface area contributed by atoms with Crippen LogP contribution in [-0.2, 0) is 37.9 Å². The monoisotopic (exact) mass is 904 g/mol. The molecule has 0 aromatic carbocycles. The highest BCUT2D eigenvalue weighted by molar-refractivity contribution is 7.99. The Labute approximate surface area is 359 Å². The van der Waals surface area contributed by atoms with E-state index in [4.69, 9.17) is 72.3 Å². The van der Waals surface area contributed by atoms with Gasteiger partial charge in [-0.15, -0.1) is 0 Å². The first-order valence-electron chi connectivity index (χ1n) is 21.4. The predicted molar refractivity (Wildman–Crippen MR) is 215 cm³/mol. The molecule has 0 bridgehead atoms. The van der Waals surface area contributed by atoms with E-state index in [-0.39, 0.29) is 13.0 Å². The van der Waals surface area contributed by atoms with E-state index in [1.165, 1.54) is 12.8 Å². The van der Waals surface area contributed by atoms with Crippen LogP contribution in [0.15, 0.2) is 0 Å². The molecule has 21 N–H and O–H groups in total. The SMILES string of the molecule is CCCCCCCCSC[C@H]1O[C@H](O[C@@H]2[C@@H](O[C@@H]3O[C@H](CO)[C@@H](O[C@H]4O[C@@H](CN)[C@@H](O)[C@H](O)[C@H]4N)[C@H]3O)[C@H](O[C@H]3O[C@H](CO)[C@@H](O)[C@H](O)[C@H]3N)[C@@H](N)C[C@H]2N)[C@H](N)[C@@H](O)[C@@H]1O. The molecule has 4 heterocycles. The first-order valence-corrected chi connectivity index (χ1v) is 22.5. The average Bonchev–Trinajstić information content (AvgIpc) is 3.54. The number of thioether (sulfide) groups is 1. The van der Waals surface area contributed by atoms with Crippen LogP contribution < -0.4 is 34.4 Å². The fourth-order valence-corrected chi connectivity index (χ4v) is 9.50. The maximum Gasteiger partial charge on any atom is 0.187 e. The first kappa shape index (κ1) is 51.4. The summed E-state index contributed by atoms with van der Waals surface area (Å²) in [4.78, 5) is 0. The predicted octanol–water partition coefficient (Wildman–Crippen LogP) is -6.97. The molecule has 0 radical (unpaired) electrons. The second-order valence-electron chi connectivity index (χ2n) is 16.7. The number of nitrogens with two attached hydrogens (primary N) is 6. The molecule has 23 nitrogen and oxygen atoms in total. The minimum Gasteiger partial charge on any atom is -0.394 e. The normalized spacial score (nSPS) is 48.4. The zero-order valence-corrected chi connectivity index (χ0v) is 35.3. The van der Waals surface area contributed by atoms with Crippen LogP contribution >= 0.6 is 11.8 Å². The van der Waals surface area contributed by atoms with Crippen LogP contribution in [0, 0.1) is 0 Å². The molecule has 0 aromatic heterocycles. The summed E-state index contributed by atoms with van der Waals surface area (Å²) in [6.45, 7) is 0.534. The van der Waals surface area contributed by atoms with Gasteiger partial charge in [0.05, 0.1) is 37.4 Å². The Morgan fingerprint density at radius 3 is 1.44 bits per heavy atom. The zero-order chi connectivity index (χ0) is 44.7. The Kier molecular flexibility index (Phi) is 20.0. The number of hydrogen-bond acceptors (Lipinski definition) is 24. The molecule has 0 unspecified atom stereocenters. The van der Waals surface area contributed by atoms with E-state index in [2.05, 4.69) is 6.92 Å². The molecule has 5 rings (SSSR count). The van der Waals surface area contributed by atoms with Crippen molar-refractivity contribution in [3.8, 4) is 0 Å². The van der Waals surface area contributed by atoms with Gasteiger partial charge in [0.25, 0.3) is 0 Å². The third-order valence-corrected chi connectivity index (χ3v) is 13.4. The molecule has 0 spiro atoms. The highest BCUT2D eigenvalue weighted by atomic mass is 32.2. The molecule has 4 saturated heterocycles. The molecule has 1 aliphatic carbocycles. The highest BCUT2D eigenvalue weighted by Crippen LogP contribution is 2.37. The first-order chi connectivity index (χ1) is 29.1. The lowest BCUT2D eigenvalue weighted by Crippen LogP contribution is -2.70. The summed E-state index contributed by atoms with van der Waals surface area (Å²) in [5, 5.41) is 96.0.